The van der Waals surface area contributed by atoms with Gasteiger partial charge in [0.25, 0.3) is 5.69 Å². The van der Waals surface area contributed by atoms with Crippen LogP contribution in [-0.2, 0) is 4.79 Å². The largest absolute Gasteiger partial charge is 0.495 e. The van der Waals surface area contributed by atoms with Gasteiger partial charge in [0.2, 0.25) is 5.91 Å². The number of amides is 1. The van der Waals surface area contributed by atoms with Gasteiger partial charge in [0.1, 0.15) is 5.75 Å². The SMILES string of the molecule is COc1ccc([N+](=O)[O-])cc1NC(=O)C(C)Sc1nnc2ccccn12. The number of anilines is 1. The average molecular weight is 373 g/mol. The van der Waals surface area contributed by atoms with Crippen molar-refractivity contribution in [1.29, 1.82) is 0 Å². The molecule has 0 radical (unpaired) electrons. The zero-order valence-electron chi connectivity index (χ0n) is 13.9. The molecule has 9 nitrogen and oxygen atoms in total. The van der Waals surface area contributed by atoms with Gasteiger partial charge in [-0.2, -0.15) is 0 Å². The molecule has 0 spiro atoms. The van der Waals surface area contributed by atoms with Crippen molar-refractivity contribution in [3.63, 3.8) is 0 Å². The Morgan fingerprint density at radius 1 is 1.35 bits per heavy atom. The van der Waals surface area contributed by atoms with Gasteiger partial charge in [-0.15, -0.1) is 10.2 Å². The molecule has 1 N–H and O–H groups in total. The summed E-state index contributed by atoms with van der Waals surface area (Å²) >= 11 is 1.23. The molecule has 10 heteroatoms. The molecule has 0 aliphatic carbocycles. The molecular weight excluding hydrogens is 358 g/mol. The fourth-order valence-electron chi connectivity index (χ4n) is 2.25. The Kier molecular flexibility index (Phi) is 5.03. The predicted molar refractivity (Wildman–Crippen MR) is 96.6 cm³/mol. The van der Waals surface area contributed by atoms with E-state index in [4.69, 9.17) is 4.74 Å². The van der Waals surface area contributed by atoms with Crippen LogP contribution in [0.15, 0.2) is 47.8 Å². The molecule has 0 fully saturated rings. The number of aromatic nitrogens is 3. The van der Waals surface area contributed by atoms with Crippen molar-refractivity contribution in [3.05, 3.63) is 52.7 Å². The Hall–Kier alpha value is -3.14. The van der Waals surface area contributed by atoms with Crippen molar-refractivity contribution in [1.82, 2.24) is 14.6 Å². The lowest BCUT2D eigenvalue weighted by Gasteiger charge is -2.13. The van der Waals surface area contributed by atoms with Gasteiger partial charge in [0.15, 0.2) is 10.8 Å². The second-order valence-corrected chi connectivity index (χ2v) is 6.61. The molecule has 0 aliphatic rings. The van der Waals surface area contributed by atoms with Crippen LogP contribution in [0.5, 0.6) is 5.75 Å². The van der Waals surface area contributed by atoms with Gasteiger partial charge >= 0.3 is 0 Å². The highest BCUT2D eigenvalue weighted by Crippen LogP contribution is 2.30. The number of nitro groups is 1. The Labute approximate surface area is 152 Å². The number of ether oxygens (including phenoxy) is 1. The van der Waals surface area contributed by atoms with Crippen LogP contribution < -0.4 is 10.1 Å². The third-order valence-corrected chi connectivity index (χ3v) is 4.64. The van der Waals surface area contributed by atoms with Crippen LogP contribution in [0.2, 0.25) is 0 Å². The molecule has 0 saturated heterocycles. The van der Waals surface area contributed by atoms with E-state index >= 15 is 0 Å². The molecule has 1 unspecified atom stereocenters. The van der Waals surface area contributed by atoms with Crippen molar-refractivity contribution in [3.8, 4) is 5.75 Å². The smallest absolute Gasteiger partial charge is 0.271 e. The minimum atomic E-state index is -0.532. The van der Waals surface area contributed by atoms with E-state index < -0.39 is 10.2 Å². The van der Waals surface area contributed by atoms with Gasteiger partial charge in [0, 0.05) is 18.3 Å². The third-order valence-electron chi connectivity index (χ3n) is 3.59. The number of hydrogen-bond donors (Lipinski definition) is 1. The number of thioether (sulfide) groups is 1. The third kappa shape index (κ3) is 3.59. The summed E-state index contributed by atoms with van der Waals surface area (Å²) in [5.41, 5.74) is 0.790. The van der Waals surface area contributed by atoms with E-state index in [1.54, 1.807) is 11.3 Å². The number of pyridine rings is 1. The lowest BCUT2D eigenvalue weighted by atomic mass is 10.2. The summed E-state index contributed by atoms with van der Waals surface area (Å²) in [6, 6.07) is 9.53. The van der Waals surface area contributed by atoms with Crippen molar-refractivity contribution >= 4 is 34.7 Å². The summed E-state index contributed by atoms with van der Waals surface area (Å²) in [5.74, 6) is 0.00977. The molecule has 3 rings (SSSR count). The van der Waals surface area contributed by atoms with Crippen LogP contribution >= 0.6 is 11.8 Å². The first-order valence-corrected chi connectivity index (χ1v) is 8.47. The minimum absolute atomic E-state index is 0.134. The van der Waals surface area contributed by atoms with E-state index in [2.05, 4.69) is 15.5 Å². The maximum Gasteiger partial charge on any atom is 0.271 e. The summed E-state index contributed by atoms with van der Waals surface area (Å²) in [4.78, 5) is 22.9. The van der Waals surface area contributed by atoms with Crippen LogP contribution in [0.3, 0.4) is 0 Å². The van der Waals surface area contributed by atoms with Crippen molar-refractivity contribution in [2.24, 2.45) is 0 Å². The zero-order chi connectivity index (χ0) is 18.7. The van der Waals surface area contributed by atoms with E-state index in [1.807, 2.05) is 24.4 Å². The lowest BCUT2D eigenvalue weighted by molar-refractivity contribution is -0.384. The first-order valence-electron chi connectivity index (χ1n) is 7.59. The molecule has 134 valence electrons. The Morgan fingerprint density at radius 2 is 2.15 bits per heavy atom. The molecular formula is C16H15N5O4S. The molecule has 26 heavy (non-hydrogen) atoms. The maximum absolute atomic E-state index is 12.5. The average Bonchev–Trinajstić information content (AvgIpc) is 3.04. The maximum atomic E-state index is 12.5. The second kappa shape index (κ2) is 7.40. The van der Waals surface area contributed by atoms with Gasteiger partial charge in [0.05, 0.1) is 23.0 Å². The van der Waals surface area contributed by atoms with Crippen LogP contribution in [0.1, 0.15) is 6.92 Å². The molecule has 1 atom stereocenters. The minimum Gasteiger partial charge on any atom is -0.495 e. The van der Waals surface area contributed by atoms with Crippen molar-refractivity contribution < 1.29 is 14.5 Å². The van der Waals surface area contributed by atoms with E-state index in [0.717, 1.165) is 0 Å². The zero-order valence-corrected chi connectivity index (χ0v) is 14.8. The fourth-order valence-corrected chi connectivity index (χ4v) is 3.09. The van der Waals surface area contributed by atoms with E-state index in [9.17, 15) is 14.9 Å². The highest BCUT2D eigenvalue weighted by molar-refractivity contribution is 8.00. The van der Waals surface area contributed by atoms with E-state index in [-0.39, 0.29) is 17.3 Å². The first kappa shape index (κ1) is 17.7. The number of rotatable bonds is 6. The lowest BCUT2D eigenvalue weighted by Crippen LogP contribution is -2.23. The molecule has 0 bridgehead atoms. The number of carbonyl (C=O) groups excluding carboxylic acids is 1. The summed E-state index contributed by atoms with van der Waals surface area (Å²) in [6.07, 6.45) is 1.81. The van der Waals surface area contributed by atoms with Crippen molar-refractivity contribution in [2.75, 3.05) is 12.4 Å². The molecule has 0 aliphatic heterocycles. The number of non-ortho nitro benzene ring substituents is 1. The molecule has 1 aromatic carbocycles. The van der Waals surface area contributed by atoms with Gasteiger partial charge in [-0.05, 0) is 25.1 Å². The van der Waals surface area contributed by atoms with Gasteiger partial charge in [-0.25, -0.2) is 0 Å². The Morgan fingerprint density at radius 3 is 2.88 bits per heavy atom. The highest BCUT2D eigenvalue weighted by atomic mass is 32.2. The van der Waals surface area contributed by atoms with Crippen LogP contribution in [0, 0.1) is 10.1 Å². The van der Waals surface area contributed by atoms with Crippen molar-refractivity contribution in [2.45, 2.75) is 17.3 Å². The number of nitro benzene ring substituents is 1. The number of benzene rings is 1. The number of methoxy groups -OCH3 is 1. The molecule has 3 aromatic rings. The standard InChI is InChI=1S/C16H15N5O4S/c1-10(26-16-19-18-14-5-3-4-8-20(14)16)15(22)17-12-9-11(21(23)24)6-7-13(12)25-2/h3-10H,1-2H3,(H,17,22). The number of hydrogen-bond acceptors (Lipinski definition) is 7. The number of fused-ring (bicyclic) bond motifs is 1. The monoisotopic (exact) mass is 373 g/mol. The summed E-state index contributed by atoms with van der Waals surface area (Å²) < 4.78 is 6.93. The number of nitrogens with zero attached hydrogens (tertiary/aromatic N) is 4. The fraction of sp³-hybridized carbons (Fsp3) is 0.188. The first-order chi connectivity index (χ1) is 12.5. The molecule has 2 heterocycles. The highest BCUT2D eigenvalue weighted by Gasteiger charge is 2.20. The Bertz CT molecular complexity index is 974. The van der Waals surface area contributed by atoms with Gasteiger partial charge in [-0.1, -0.05) is 17.8 Å². The summed E-state index contributed by atoms with van der Waals surface area (Å²) in [6.45, 7) is 1.72. The van der Waals surface area contributed by atoms with Gasteiger partial charge in [-0.3, -0.25) is 19.3 Å². The summed E-state index contributed by atoms with van der Waals surface area (Å²) in [5, 5.41) is 21.8. The van der Waals surface area contributed by atoms with Crippen LogP contribution in [-0.4, -0.2) is 37.8 Å². The quantitative estimate of drug-likeness (QED) is 0.402. The normalized spacial score (nSPS) is 11.9. The predicted octanol–water partition coefficient (Wildman–Crippen LogP) is 2.77. The van der Waals surface area contributed by atoms with E-state index in [0.29, 0.717) is 16.6 Å². The van der Waals surface area contributed by atoms with Crippen LogP contribution in [0.4, 0.5) is 11.4 Å². The number of nitrogens with one attached hydrogen (secondary N) is 1. The van der Waals surface area contributed by atoms with Gasteiger partial charge < -0.3 is 10.1 Å². The second-order valence-electron chi connectivity index (χ2n) is 5.30. The topological polar surface area (TPSA) is 112 Å². The Balaban J connectivity index is 1.77. The number of carbonyl (C=O) groups is 1. The molecule has 2 aromatic heterocycles. The summed E-state index contributed by atoms with van der Waals surface area (Å²) in [7, 11) is 1.43. The van der Waals surface area contributed by atoms with Crippen LogP contribution in [0.25, 0.3) is 5.65 Å². The van der Waals surface area contributed by atoms with E-state index in [1.165, 1.54) is 37.1 Å². The molecule has 0 saturated carbocycles. The molecule has 1 amide bonds.